The third-order valence-corrected chi connectivity index (χ3v) is 2.54. The molecule has 0 radical (unpaired) electrons. The lowest BCUT2D eigenvalue weighted by Gasteiger charge is -2.06. The lowest BCUT2D eigenvalue weighted by atomic mass is 10.2. The topological polar surface area (TPSA) is 93.1 Å². The van der Waals surface area contributed by atoms with Gasteiger partial charge in [-0.05, 0) is 6.92 Å². The number of hydrogen-bond acceptors (Lipinski definition) is 4. The van der Waals surface area contributed by atoms with Gasteiger partial charge >= 0.3 is 0 Å². The van der Waals surface area contributed by atoms with Gasteiger partial charge in [0.2, 0.25) is 0 Å². The summed E-state index contributed by atoms with van der Waals surface area (Å²) in [6.07, 6.45) is 1.16. The van der Waals surface area contributed by atoms with Gasteiger partial charge in [-0.25, -0.2) is 4.99 Å². The van der Waals surface area contributed by atoms with Crippen molar-refractivity contribution in [2.45, 2.75) is 13.5 Å². The number of nitriles is 1. The second kappa shape index (κ2) is 5.39. The lowest BCUT2D eigenvalue weighted by Crippen LogP contribution is -2.13. The van der Waals surface area contributed by atoms with E-state index < -0.39 is 0 Å². The first-order chi connectivity index (χ1) is 7.71. The molecule has 84 valence electrons. The van der Waals surface area contributed by atoms with Crippen LogP contribution in [-0.2, 0) is 6.54 Å². The molecule has 0 spiro atoms. The zero-order valence-electron chi connectivity index (χ0n) is 8.97. The van der Waals surface area contributed by atoms with Gasteiger partial charge in [0.05, 0.1) is 17.6 Å². The molecule has 5 nitrogen and oxygen atoms in total. The van der Waals surface area contributed by atoms with E-state index in [1.807, 2.05) is 11.5 Å². The van der Waals surface area contributed by atoms with Crippen molar-refractivity contribution in [3.05, 3.63) is 17.0 Å². The zero-order chi connectivity index (χ0) is 12.1. The van der Waals surface area contributed by atoms with E-state index in [0.29, 0.717) is 30.0 Å². The summed E-state index contributed by atoms with van der Waals surface area (Å²) in [5.41, 5.74) is 13.3. The van der Waals surface area contributed by atoms with Crippen molar-refractivity contribution in [3.63, 3.8) is 0 Å². The second-order valence-corrected chi connectivity index (χ2v) is 3.38. The predicted molar refractivity (Wildman–Crippen MR) is 68.0 cm³/mol. The molecule has 0 bridgehead atoms. The molecular formula is C10H13N5S. The summed E-state index contributed by atoms with van der Waals surface area (Å²) in [6.45, 7) is 2.91. The van der Waals surface area contributed by atoms with E-state index in [9.17, 15) is 0 Å². The third kappa shape index (κ3) is 1.96. The Morgan fingerprint density at radius 2 is 2.31 bits per heavy atom. The molecule has 0 saturated carbocycles. The van der Waals surface area contributed by atoms with Crippen molar-refractivity contribution in [2.75, 3.05) is 6.54 Å². The lowest BCUT2D eigenvalue weighted by molar-refractivity contribution is 0.690. The van der Waals surface area contributed by atoms with E-state index in [2.05, 4.69) is 11.1 Å². The van der Waals surface area contributed by atoms with Crippen molar-refractivity contribution in [3.8, 4) is 6.07 Å². The van der Waals surface area contributed by atoms with Crippen LogP contribution in [-0.4, -0.2) is 22.8 Å². The quantitative estimate of drug-likeness (QED) is 0.454. The summed E-state index contributed by atoms with van der Waals surface area (Å²) >= 11 is 4.93. The van der Waals surface area contributed by atoms with Gasteiger partial charge in [-0.1, -0.05) is 12.2 Å². The average molecular weight is 235 g/mol. The van der Waals surface area contributed by atoms with Crippen LogP contribution < -0.4 is 11.5 Å². The SMILES string of the molecule is Cc1c(C#N)c(N=CN)c(C=S)n1CCN. The van der Waals surface area contributed by atoms with E-state index in [4.69, 9.17) is 28.9 Å². The van der Waals surface area contributed by atoms with Crippen molar-refractivity contribution < 1.29 is 0 Å². The Bertz CT molecular complexity index is 467. The highest BCUT2D eigenvalue weighted by atomic mass is 32.1. The molecular weight excluding hydrogens is 222 g/mol. The van der Waals surface area contributed by atoms with Crippen LogP contribution in [0.4, 0.5) is 5.69 Å². The molecule has 4 N–H and O–H groups in total. The molecule has 0 aliphatic rings. The number of hydrogen-bond donors (Lipinski definition) is 2. The van der Waals surface area contributed by atoms with Gasteiger partial charge in [0.15, 0.2) is 0 Å². The van der Waals surface area contributed by atoms with E-state index in [0.717, 1.165) is 12.0 Å². The highest BCUT2D eigenvalue weighted by Gasteiger charge is 2.17. The molecule has 0 unspecified atom stereocenters. The van der Waals surface area contributed by atoms with Gasteiger partial charge < -0.3 is 16.0 Å². The minimum atomic E-state index is 0.475. The number of rotatable bonds is 4. The Morgan fingerprint density at radius 3 is 2.75 bits per heavy atom. The van der Waals surface area contributed by atoms with Crippen molar-refractivity contribution >= 4 is 29.6 Å². The Morgan fingerprint density at radius 1 is 1.62 bits per heavy atom. The van der Waals surface area contributed by atoms with Crippen LogP contribution in [0.5, 0.6) is 0 Å². The summed E-state index contributed by atoms with van der Waals surface area (Å²) in [5.74, 6) is 0. The molecule has 1 aromatic heterocycles. The summed E-state index contributed by atoms with van der Waals surface area (Å²) in [5, 5.41) is 10.6. The molecule has 0 saturated heterocycles. The predicted octanol–water partition coefficient (Wildman–Crippen LogP) is 0.593. The fraction of sp³-hybridized carbons (Fsp3) is 0.300. The van der Waals surface area contributed by atoms with Crippen LogP contribution >= 0.6 is 12.2 Å². The highest BCUT2D eigenvalue weighted by molar-refractivity contribution is 7.79. The van der Waals surface area contributed by atoms with Gasteiger partial charge in [-0.3, -0.25) is 0 Å². The highest BCUT2D eigenvalue weighted by Crippen LogP contribution is 2.28. The van der Waals surface area contributed by atoms with Gasteiger partial charge in [0, 0.05) is 24.2 Å². The molecule has 1 aromatic rings. The zero-order valence-corrected chi connectivity index (χ0v) is 9.79. The van der Waals surface area contributed by atoms with Gasteiger partial charge in [0.1, 0.15) is 11.8 Å². The summed E-state index contributed by atoms with van der Waals surface area (Å²) in [4.78, 5) is 3.98. The minimum Gasteiger partial charge on any atom is -0.390 e. The van der Waals surface area contributed by atoms with Gasteiger partial charge in [0.25, 0.3) is 0 Å². The largest absolute Gasteiger partial charge is 0.390 e. The Hall–Kier alpha value is -1.71. The molecule has 0 aliphatic carbocycles. The van der Waals surface area contributed by atoms with Crippen LogP contribution in [0.25, 0.3) is 0 Å². The molecule has 0 fully saturated rings. The van der Waals surface area contributed by atoms with Gasteiger partial charge in [-0.2, -0.15) is 5.26 Å². The average Bonchev–Trinajstić information content (AvgIpc) is 2.53. The summed E-state index contributed by atoms with van der Waals surface area (Å²) < 4.78 is 1.88. The number of thiocarbonyl (C=S) groups is 1. The Balaban J connectivity index is 3.52. The van der Waals surface area contributed by atoms with Gasteiger partial charge in [-0.15, -0.1) is 0 Å². The first kappa shape index (κ1) is 12.4. The molecule has 0 aliphatic heterocycles. The maximum absolute atomic E-state index is 9.07. The van der Waals surface area contributed by atoms with Crippen LogP contribution in [0.15, 0.2) is 4.99 Å². The van der Waals surface area contributed by atoms with Crippen molar-refractivity contribution in [2.24, 2.45) is 16.5 Å². The van der Waals surface area contributed by atoms with Crippen LogP contribution in [0, 0.1) is 18.3 Å². The van der Waals surface area contributed by atoms with E-state index in [1.165, 1.54) is 5.37 Å². The normalized spacial score (nSPS) is 10.6. The van der Waals surface area contributed by atoms with E-state index >= 15 is 0 Å². The molecule has 0 aromatic carbocycles. The Labute approximate surface area is 99.4 Å². The number of aliphatic imine (C=N–C) groups is 1. The van der Waals surface area contributed by atoms with Crippen LogP contribution in [0.1, 0.15) is 17.0 Å². The fourth-order valence-corrected chi connectivity index (χ4v) is 1.86. The second-order valence-electron chi connectivity index (χ2n) is 3.14. The molecule has 16 heavy (non-hydrogen) atoms. The van der Waals surface area contributed by atoms with Crippen LogP contribution in [0.2, 0.25) is 0 Å². The molecule has 0 atom stereocenters. The van der Waals surface area contributed by atoms with E-state index in [-0.39, 0.29) is 0 Å². The van der Waals surface area contributed by atoms with E-state index in [1.54, 1.807) is 0 Å². The van der Waals surface area contributed by atoms with Crippen molar-refractivity contribution in [1.82, 2.24) is 4.57 Å². The number of aromatic nitrogens is 1. The smallest absolute Gasteiger partial charge is 0.109 e. The maximum Gasteiger partial charge on any atom is 0.109 e. The molecule has 1 rings (SSSR count). The standard InChI is InChI=1S/C10H13N5S/c1-7-8(4-12)10(14-6-13)9(5-16)15(7)3-2-11/h5-6H,2-3,11H2,1H3,(H2,13,14). The summed E-state index contributed by atoms with van der Waals surface area (Å²) in [6, 6.07) is 2.10. The third-order valence-electron chi connectivity index (χ3n) is 2.32. The Kier molecular flexibility index (Phi) is 4.17. The maximum atomic E-state index is 9.07. The first-order valence-corrected chi connectivity index (χ1v) is 5.21. The fourth-order valence-electron chi connectivity index (χ4n) is 1.62. The summed E-state index contributed by atoms with van der Waals surface area (Å²) in [7, 11) is 0. The molecule has 1 heterocycles. The number of nitrogens with zero attached hydrogens (tertiary/aromatic N) is 3. The molecule has 0 amide bonds. The minimum absolute atomic E-state index is 0.475. The first-order valence-electron chi connectivity index (χ1n) is 4.73. The van der Waals surface area contributed by atoms with Crippen molar-refractivity contribution in [1.29, 1.82) is 5.26 Å². The number of nitrogens with two attached hydrogens (primary N) is 2. The van der Waals surface area contributed by atoms with Crippen LogP contribution in [0.3, 0.4) is 0 Å². The molecule has 6 heteroatoms. The monoisotopic (exact) mass is 235 g/mol.